The Hall–Kier alpha value is -1.94. The molecule has 0 aliphatic heterocycles. The van der Waals surface area contributed by atoms with Crippen molar-refractivity contribution in [2.75, 3.05) is 13.7 Å². The van der Waals surface area contributed by atoms with Gasteiger partial charge in [-0.05, 0) is 53.9 Å². The molecule has 2 nitrogen and oxygen atoms in total. The second-order valence-corrected chi connectivity index (χ2v) is 4.83. The van der Waals surface area contributed by atoms with E-state index in [-0.39, 0.29) is 11.6 Å². The lowest BCUT2D eigenvalue weighted by molar-refractivity contribution is 0.386. The van der Waals surface area contributed by atoms with Gasteiger partial charge in [-0.3, -0.25) is 0 Å². The van der Waals surface area contributed by atoms with E-state index in [1.807, 2.05) is 0 Å². The van der Waals surface area contributed by atoms with Crippen molar-refractivity contribution in [3.05, 3.63) is 53.6 Å². The summed E-state index contributed by atoms with van der Waals surface area (Å²) in [6, 6.07) is 9.33. The van der Waals surface area contributed by atoms with E-state index in [1.165, 1.54) is 25.3 Å². The first-order valence-electron chi connectivity index (χ1n) is 6.98. The number of hydrogen-bond donors (Lipinski definition) is 1. The summed E-state index contributed by atoms with van der Waals surface area (Å²) < 4.78 is 32.2. The zero-order chi connectivity index (χ0) is 15.2. The third-order valence-corrected chi connectivity index (χ3v) is 3.27. The molecule has 0 spiro atoms. The second kappa shape index (κ2) is 7.18. The van der Waals surface area contributed by atoms with Gasteiger partial charge >= 0.3 is 0 Å². The largest absolute Gasteiger partial charge is 0.494 e. The molecule has 1 N–H and O–H groups in total. The van der Waals surface area contributed by atoms with Gasteiger partial charge in [-0.25, -0.2) is 8.78 Å². The Bertz CT molecular complexity index is 614. The molecule has 2 aromatic rings. The molecule has 4 heteroatoms. The molecule has 21 heavy (non-hydrogen) atoms. The van der Waals surface area contributed by atoms with Gasteiger partial charge in [-0.15, -0.1) is 0 Å². The number of ether oxygens (including phenoxy) is 1. The number of halogens is 2. The summed E-state index contributed by atoms with van der Waals surface area (Å²) in [6.07, 6.45) is 1.00. The first-order valence-corrected chi connectivity index (χ1v) is 6.98. The highest BCUT2D eigenvalue weighted by molar-refractivity contribution is 5.68. The van der Waals surface area contributed by atoms with Gasteiger partial charge < -0.3 is 10.1 Å². The Balaban J connectivity index is 2.35. The summed E-state index contributed by atoms with van der Waals surface area (Å²) in [6.45, 7) is 3.47. The van der Waals surface area contributed by atoms with E-state index < -0.39 is 5.82 Å². The van der Waals surface area contributed by atoms with E-state index in [0.717, 1.165) is 24.1 Å². The second-order valence-electron chi connectivity index (χ2n) is 4.83. The summed E-state index contributed by atoms with van der Waals surface area (Å²) >= 11 is 0. The zero-order valence-corrected chi connectivity index (χ0v) is 12.2. The number of methoxy groups -OCH3 is 1. The first-order chi connectivity index (χ1) is 10.2. The average molecular weight is 291 g/mol. The maximum atomic E-state index is 13.8. The quantitative estimate of drug-likeness (QED) is 0.808. The van der Waals surface area contributed by atoms with Crippen LogP contribution < -0.4 is 10.1 Å². The van der Waals surface area contributed by atoms with E-state index in [2.05, 4.69) is 12.2 Å². The zero-order valence-electron chi connectivity index (χ0n) is 12.2. The van der Waals surface area contributed by atoms with Crippen molar-refractivity contribution >= 4 is 0 Å². The minimum atomic E-state index is -0.424. The lowest BCUT2D eigenvalue weighted by Crippen LogP contribution is -2.14. The highest BCUT2D eigenvalue weighted by Crippen LogP contribution is 2.28. The number of rotatable bonds is 6. The minimum absolute atomic E-state index is 0.200. The van der Waals surface area contributed by atoms with Gasteiger partial charge in [0.2, 0.25) is 0 Å². The van der Waals surface area contributed by atoms with Crippen LogP contribution in [-0.2, 0) is 6.54 Å². The normalized spacial score (nSPS) is 10.7. The lowest BCUT2D eigenvalue weighted by atomic mass is 9.99. The van der Waals surface area contributed by atoms with Crippen LogP contribution >= 0.6 is 0 Å². The molecule has 0 bridgehead atoms. The van der Waals surface area contributed by atoms with Crippen LogP contribution in [0.25, 0.3) is 11.1 Å². The molecule has 2 aromatic carbocycles. The van der Waals surface area contributed by atoms with Gasteiger partial charge in [0, 0.05) is 6.54 Å². The molecule has 0 aliphatic rings. The number of benzene rings is 2. The SMILES string of the molecule is CCCNCc1cc(F)ccc1-c1ccc(OC)c(F)c1. The Morgan fingerprint density at radius 1 is 1.10 bits per heavy atom. The Kier molecular flexibility index (Phi) is 5.28. The van der Waals surface area contributed by atoms with Gasteiger partial charge in [-0.2, -0.15) is 0 Å². The van der Waals surface area contributed by atoms with Crippen LogP contribution in [0.4, 0.5) is 8.78 Å². The Morgan fingerprint density at radius 2 is 1.90 bits per heavy atom. The van der Waals surface area contributed by atoms with Gasteiger partial charge in [0.1, 0.15) is 5.82 Å². The van der Waals surface area contributed by atoms with Crippen molar-refractivity contribution < 1.29 is 13.5 Å². The van der Waals surface area contributed by atoms with Gasteiger partial charge in [-0.1, -0.05) is 19.1 Å². The Labute approximate surface area is 123 Å². The van der Waals surface area contributed by atoms with Crippen LogP contribution in [-0.4, -0.2) is 13.7 Å². The van der Waals surface area contributed by atoms with E-state index >= 15 is 0 Å². The third-order valence-electron chi connectivity index (χ3n) is 3.27. The van der Waals surface area contributed by atoms with E-state index in [1.54, 1.807) is 18.2 Å². The van der Waals surface area contributed by atoms with Crippen molar-refractivity contribution in [1.29, 1.82) is 0 Å². The molecule has 0 heterocycles. The molecular weight excluding hydrogens is 272 g/mol. The fraction of sp³-hybridized carbons (Fsp3) is 0.294. The number of nitrogens with one attached hydrogen (secondary N) is 1. The third kappa shape index (κ3) is 3.79. The summed E-state index contributed by atoms with van der Waals surface area (Å²) in [7, 11) is 1.43. The molecule has 2 rings (SSSR count). The van der Waals surface area contributed by atoms with Gasteiger partial charge in [0.25, 0.3) is 0 Å². The van der Waals surface area contributed by atoms with Crippen LogP contribution in [0.5, 0.6) is 5.75 Å². The molecule has 0 aliphatic carbocycles. The van der Waals surface area contributed by atoms with E-state index in [0.29, 0.717) is 12.1 Å². The molecule has 0 aromatic heterocycles. The van der Waals surface area contributed by atoms with Gasteiger partial charge in [0.15, 0.2) is 11.6 Å². The van der Waals surface area contributed by atoms with E-state index in [4.69, 9.17) is 4.74 Å². The van der Waals surface area contributed by atoms with Crippen LogP contribution in [0.3, 0.4) is 0 Å². The van der Waals surface area contributed by atoms with Crippen LogP contribution in [0.2, 0.25) is 0 Å². The molecule has 0 fully saturated rings. The smallest absolute Gasteiger partial charge is 0.165 e. The van der Waals surface area contributed by atoms with Crippen molar-refractivity contribution in [2.45, 2.75) is 19.9 Å². The van der Waals surface area contributed by atoms with Crippen LogP contribution in [0.15, 0.2) is 36.4 Å². The van der Waals surface area contributed by atoms with Crippen molar-refractivity contribution in [1.82, 2.24) is 5.32 Å². The molecule has 0 saturated carbocycles. The highest BCUT2D eigenvalue weighted by atomic mass is 19.1. The first kappa shape index (κ1) is 15.4. The monoisotopic (exact) mass is 291 g/mol. The topological polar surface area (TPSA) is 21.3 Å². The summed E-state index contributed by atoms with van der Waals surface area (Å²) in [5.41, 5.74) is 2.34. The van der Waals surface area contributed by atoms with Crippen LogP contribution in [0, 0.1) is 11.6 Å². The maximum Gasteiger partial charge on any atom is 0.165 e. The van der Waals surface area contributed by atoms with E-state index in [9.17, 15) is 8.78 Å². The summed E-state index contributed by atoms with van der Waals surface area (Å²) in [5.74, 6) is -0.514. The molecule has 0 unspecified atom stereocenters. The molecule has 0 amide bonds. The van der Waals surface area contributed by atoms with Crippen LogP contribution in [0.1, 0.15) is 18.9 Å². The average Bonchev–Trinajstić information content (AvgIpc) is 2.47. The lowest BCUT2D eigenvalue weighted by Gasteiger charge is -2.12. The standard InChI is InChI=1S/C17H19F2NO/c1-3-8-20-11-13-9-14(18)5-6-15(13)12-4-7-17(21-2)16(19)10-12/h4-7,9-10,20H,3,8,11H2,1-2H3. The minimum Gasteiger partial charge on any atom is -0.494 e. The van der Waals surface area contributed by atoms with Crippen molar-refractivity contribution in [2.24, 2.45) is 0 Å². The molecule has 0 atom stereocenters. The molecular formula is C17H19F2NO. The fourth-order valence-electron chi connectivity index (χ4n) is 2.22. The molecule has 0 saturated heterocycles. The predicted molar refractivity (Wildman–Crippen MR) is 80.3 cm³/mol. The Morgan fingerprint density at radius 3 is 2.57 bits per heavy atom. The number of hydrogen-bond acceptors (Lipinski definition) is 2. The fourth-order valence-corrected chi connectivity index (χ4v) is 2.22. The maximum absolute atomic E-state index is 13.8. The summed E-state index contributed by atoms with van der Waals surface area (Å²) in [5, 5.41) is 3.24. The van der Waals surface area contributed by atoms with Gasteiger partial charge in [0.05, 0.1) is 7.11 Å². The van der Waals surface area contributed by atoms with Crippen molar-refractivity contribution in [3.8, 4) is 16.9 Å². The molecule has 0 radical (unpaired) electrons. The summed E-state index contributed by atoms with van der Waals surface area (Å²) in [4.78, 5) is 0. The molecule has 112 valence electrons. The predicted octanol–water partition coefficient (Wildman–Crippen LogP) is 4.14. The highest BCUT2D eigenvalue weighted by Gasteiger charge is 2.10. The van der Waals surface area contributed by atoms with Crippen molar-refractivity contribution in [3.63, 3.8) is 0 Å².